The number of amides is 1. The van der Waals surface area contributed by atoms with Crippen molar-refractivity contribution in [3.63, 3.8) is 0 Å². The third kappa shape index (κ3) is 3.39. The monoisotopic (exact) mass is 366 g/mol. The minimum atomic E-state index is -0.391. The van der Waals surface area contributed by atoms with Crippen LogP contribution in [-0.2, 0) is 13.0 Å². The first-order valence-corrected chi connectivity index (χ1v) is 8.34. The van der Waals surface area contributed by atoms with Gasteiger partial charge in [0.2, 0.25) is 0 Å². The highest BCUT2D eigenvalue weighted by Crippen LogP contribution is 2.19. The maximum atomic E-state index is 12.9. The Balaban J connectivity index is 1.51. The van der Waals surface area contributed by atoms with Gasteiger partial charge in [-0.25, -0.2) is 4.39 Å². The molecule has 0 atom stereocenters. The highest BCUT2D eigenvalue weighted by molar-refractivity contribution is 5.94. The van der Waals surface area contributed by atoms with Crippen LogP contribution in [0.15, 0.2) is 47.1 Å². The predicted molar refractivity (Wildman–Crippen MR) is 93.2 cm³/mol. The molecule has 0 saturated heterocycles. The van der Waals surface area contributed by atoms with E-state index in [0.29, 0.717) is 35.2 Å². The molecule has 9 heteroatoms. The molecule has 0 saturated carbocycles. The normalized spacial score (nSPS) is 11.0. The van der Waals surface area contributed by atoms with E-state index in [1.54, 1.807) is 16.7 Å². The molecule has 0 aliphatic carbocycles. The summed E-state index contributed by atoms with van der Waals surface area (Å²) in [6, 6.07) is 8.93. The van der Waals surface area contributed by atoms with Gasteiger partial charge in [-0.3, -0.25) is 9.20 Å². The second-order valence-electron chi connectivity index (χ2n) is 5.82. The van der Waals surface area contributed by atoms with Crippen LogP contribution in [0.5, 0.6) is 0 Å². The maximum absolute atomic E-state index is 12.9. The van der Waals surface area contributed by atoms with Gasteiger partial charge in [0.15, 0.2) is 17.3 Å². The number of nitrogens with one attached hydrogen (secondary N) is 1. The van der Waals surface area contributed by atoms with Gasteiger partial charge in [0.1, 0.15) is 5.82 Å². The SMILES string of the molecule is CCc1noc(-c2ccn3c(CNC(=O)c4ccc(F)cc4)nnc3c2)n1. The van der Waals surface area contributed by atoms with Crippen LogP contribution in [0.4, 0.5) is 4.39 Å². The molecule has 3 aromatic heterocycles. The summed E-state index contributed by atoms with van der Waals surface area (Å²) in [6.07, 6.45) is 2.47. The molecule has 1 aromatic carbocycles. The van der Waals surface area contributed by atoms with Gasteiger partial charge < -0.3 is 9.84 Å². The van der Waals surface area contributed by atoms with Crippen molar-refractivity contribution in [2.45, 2.75) is 19.9 Å². The zero-order valence-electron chi connectivity index (χ0n) is 14.4. The Morgan fingerprint density at radius 2 is 2.04 bits per heavy atom. The molecule has 27 heavy (non-hydrogen) atoms. The summed E-state index contributed by atoms with van der Waals surface area (Å²) < 4.78 is 19.9. The number of hydrogen-bond acceptors (Lipinski definition) is 6. The van der Waals surface area contributed by atoms with Gasteiger partial charge in [0.25, 0.3) is 11.8 Å². The molecule has 8 nitrogen and oxygen atoms in total. The summed E-state index contributed by atoms with van der Waals surface area (Å²) in [6.45, 7) is 2.13. The number of aryl methyl sites for hydroxylation is 1. The van der Waals surface area contributed by atoms with Crippen LogP contribution in [0, 0.1) is 5.82 Å². The van der Waals surface area contributed by atoms with E-state index in [0.717, 1.165) is 5.56 Å². The Morgan fingerprint density at radius 1 is 1.22 bits per heavy atom. The number of rotatable bonds is 5. The lowest BCUT2D eigenvalue weighted by Crippen LogP contribution is -2.23. The number of carbonyl (C=O) groups is 1. The highest BCUT2D eigenvalue weighted by Gasteiger charge is 2.12. The van der Waals surface area contributed by atoms with Gasteiger partial charge in [-0.1, -0.05) is 12.1 Å². The van der Waals surface area contributed by atoms with E-state index in [1.807, 2.05) is 13.0 Å². The zero-order chi connectivity index (χ0) is 18.8. The van der Waals surface area contributed by atoms with Gasteiger partial charge in [-0.15, -0.1) is 10.2 Å². The molecule has 0 unspecified atom stereocenters. The topological polar surface area (TPSA) is 98.2 Å². The molecule has 1 amide bonds. The number of pyridine rings is 1. The fourth-order valence-corrected chi connectivity index (χ4v) is 2.57. The second-order valence-corrected chi connectivity index (χ2v) is 5.82. The number of nitrogens with zero attached hydrogens (tertiary/aromatic N) is 5. The van der Waals surface area contributed by atoms with Gasteiger partial charge in [0.05, 0.1) is 6.54 Å². The molecular weight excluding hydrogens is 351 g/mol. The van der Waals surface area contributed by atoms with Gasteiger partial charge in [-0.2, -0.15) is 4.98 Å². The van der Waals surface area contributed by atoms with Crippen molar-refractivity contribution >= 4 is 11.6 Å². The summed E-state index contributed by atoms with van der Waals surface area (Å²) in [7, 11) is 0. The molecule has 0 aliphatic heterocycles. The van der Waals surface area contributed by atoms with Crippen LogP contribution in [0.3, 0.4) is 0 Å². The molecule has 0 radical (unpaired) electrons. The molecule has 0 aliphatic rings. The Morgan fingerprint density at radius 3 is 2.78 bits per heavy atom. The first kappa shape index (κ1) is 16.8. The number of halogens is 1. The zero-order valence-corrected chi connectivity index (χ0v) is 14.4. The third-order valence-electron chi connectivity index (χ3n) is 4.03. The average Bonchev–Trinajstić information content (AvgIpc) is 3.33. The van der Waals surface area contributed by atoms with Crippen molar-refractivity contribution in [3.05, 3.63) is 65.6 Å². The lowest BCUT2D eigenvalue weighted by molar-refractivity contribution is 0.0949. The van der Waals surface area contributed by atoms with E-state index in [9.17, 15) is 9.18 Å². The smallest absolute Gasteiger partial charge is 0.258 e. The van der Waals surface area contributed by atoms with E-state index in [1.165, 1.54) is 24.3 Å². The number of fused-ring (bicyclic) bond motifs is 1. The molecule has 0 fully saturated rings. The van der Waals surface area contributed by atoms with Crippen molar-refractivity contribution in [1.29, 1.82) is 0 Å². The first-order valence-electron chi connectivity index (χ1n) is 8.34. The molecule has 4 aromatic rings. The standard InChI is InChI=1S/C18H15FN6O2/c1-2-14-21-18(27-24-14)12-7-8-25-15(9-12)22-23-16(25)10-20-17(26)11-3-5-13(19)6-4-11/h3-9H,2,10H2,1H3,(H,20,26). The first-order chi connectivity index (χ1) is 13.1. The van der Waals surface area contributed by atoms with E-state index in [-0.39, 0.29) is 12.5 Å². The van der Waals surface area contributed by atoms with Crippen LogP contribution in [-0.4, -0.2) is 30.6 Å². The van der Waals surface area contributed by atoms with Crippen molar-refractivity contribution < 1.29 is 13.7 Å². The van der Waals surface area contributed by atoms with E-state index >= 15 is 0 Å². The predicted octanol–water partition coefficient (Wildman–Crippen LogP) is 2.41. The number of aromatic nitrogens is 5. The molecule has 1 N–H and O–H groups in total. The molecular formula is C18H15FN6O2. The van der Waals surface area contributed by atoms with Crippen LogP contribution >= 0.6 is 0 Å². The van der Waals surface area contributed by atoms with Gasteiger partial charge in [0, 0.05) is 23.7 Å². The van der Waals surface area contributed by atoms with Crippen molar-refractivity contribution in [3.8, 4) is 11.5 Å². The van der Waals surface area contributed by atoms with E-state index in [4.69, 9.17) is 4.52 Å². The number of carbonyl (C=O) groups excluding carboxylic acids is 1. The number of hydrogen-bond donors (Lipinski definition) is 1. The Labute approximate surface area is 153 Å². The van der Waals surface area contributed by atoms with Gasteiger partial charge >= 0.3 is 0 Å². The lowest BCUT2D eigenvalue weighted by Gasteiger charge is -2.04. The van der Waals surface area contributed by atoms with Gasteiger partial charge in [-0.05, 0) is 36.4 Å². The van der Waals surface area contributed by atoms with Crippen LogP contribution < -0.4 is 5.32 Å². The van der Waals surface area contributed by atoms with E-state index < -0.39 is 5.82 Å². The van der Waals surface area contributed by atoms with E-state index in [2.05, 4.69) is 25.7 Å². The van der Waals surface area contributed by atoms with Crippen LogP contribution in [0.1, 0.15) is 28.9 Å². The van der Waals surface area contributed by atoms with Crippen LogP contribution in [0.2, 0.25) is 0 Å². The van der Waals surface area contributed by atoms with Crippen molar-refractivity contribution in [2.75, 3.05) is 0 Å². The maximum Gasteiger partial charge on any atom is 0.258 e. The minimum absolute atomic E-state index is 0.178. The summed E-state index contributed by atoms with van der Waals surface area (Å²) in [5.74, 6) is 0.908. The molecule has 136 valence electrons. The summed E-state index contributed by atoms with van der Waals surface area (Å²) in [4.78, 5) is 16.4. The summed E-state index contributed by atoms with van der Waals surface area (Å²) >= 11 is 0. The van der Waals surface area contributed by atoms with Crippen molar-refractivity contribution in [1.82, 2.24) is 30.1 Å². The molecule has 0 bridgehead atoms. The lowest BCUT2D eigenvalue weighted by atomic mass is 10.2. The second kappa shape index (κ2) is 6.94. The highest BCUT2D eigenvalue weighted by atomic mass is 19.1. The quantitative estimate of drug-likeness (QED) is 0.582. The van der Waals surface area contributed by atoms with Crippen molar-refractivity contribution in [2.24, 2.45) is 0 Å². The minimum Gasteiger partial charge on any atom is -0.345 e. The Hall–Kier alpha value is -3.62. The largest absolute Gasteiger partial charge is 0.345 e. The molecule has 0 spiro atoms. The average molecular weight is 366 g/mol. The fraction of sp³-hybridized carbons (Fsp3) is 0.167. The molecule has 4 rings (SSSR count). The molecule has 3 heterocycles. The summed E-state index contributed by atoms with van der Waals surface area (Å²) in [5, 5.41) is 14.8. The fourth-order valence-electron chi connectivity index (χ4n) is 2.57. The van der Waals surface area contributed by atoms with Crippen LogP contribution in [0.25, 0.3) is 17.1 Å². The Bertz CT molecular complexity index is 1100. The summed E-state index contributed by atoms with van der Waals surface area (Å²) in [5.41, 5.74) is 1.70. The number of benzene rings is 1. The Kier molecular flexibility index (Phi) is 4.33. The third-order valence-corrected chi connectivity index (χ3v) is 4.03.